The number of rotatable bonds is 4. The predicted octanol–water partition coefficient (Wildman–Crippen LogP) is 0.261. The van der Waals surface area contributed by atoms with Gasteiger partial charge < -0.3 is 20.9 Å². The maximum Gasteiger partial charge on any atom is 0.0107 e. The molecule has 2 rings (SSSR count). The summed E-state index contributed by atoms with van der Waals surface area (Å²) in [7, 11) is 0. The molecule has 0 radical (unpaired) electrons. The van der Waals surface area contributed by atoms with Gasteiger partial charge in [-0.1, -0.05) is 19.8 Å². The fraction of sp³-hybridized carbons (Fsp3) is 1.00. The number of nitrogens with one attached hydrogen (secondary N) is 3. The van der Waals surface area contributed by atoms with Gasteiger partial charge in [0.15, 0.2) is 0 Å². The van der Waals surface area contributed by atoms with Crippen LogP contribution >= 0.6 is 0 Å². The summed E-state index contributed by atoms with van der Waals surface area (Å²) in [6, 6.07) is 0. The van der Waals surface area contributed by atoms with Crippen LogP contribution in [0.25, 0.3) is 0 Å². The van der Waals surface area contributed by atoms with E-state index in [0.29, 0.717) is 0 Å². The molecule has 0 saturated carbocycles. The number of hydrogen-bond acceptors (Lipinski definition) is 4. The molecule has 0 spiro atoms. The Hall–Kier alpha value is -0.160. The molecule has 4 heteroatoms. The van der Waals surface area contributed by atoms with Gasteiger partial charge in [-0.25, -0.2) is 0 Å². The largest absolute Gasteiger partial charge is 0.314 e. The van der Waals surface area contributed by atoms with Gasteiger partial charge in [0, 0.05) is 52.4 Å². The first-order valence-electron chi connectivity index (χ1n) is 7.28. The van der Waals surface area contributed by atoms with Gasteiger partial charge in [-0.2, -0.15) is 0 Å². The van der Waals surface area contributed by atoms with Crippen molar-refractivity contribution in [3.8, 4) is 0 Å². The standard InChI is InChI=1S/C9H20N2.C4H10N2/c1-2-3-4-7-11-8-5-10-6-9-11;1-2-6-4-3-5-1/h10H,2-9H2,1H3;5-6H,1-4H2. The lowest BCUT2D eigenvalue weighted by molar-refractivity contribution is 0.236. The zero-order valence-electron chi connectivity index (χ0n) is 11.4. The van der Waals surface area contributed by atoms with Gasteiger partial charge in [-0.05, 0) is 13.0 Å². The lowest BCUT2D eigenvalue weighted by atomic mass is 10.2. The Morgan fingerprint density at radius 3 is 1.76 bits per heavy atom. The number of unbranched alkanes of at least 4 members (excludes halogenated alkanes) is 2. The summed E-state index contributed by atoms with van der Waals surface area (Å²) in [6.07, 6.45) is 4.12. The summed E-state index contributed by atoms with van der Waals surface area (Å²) in [5.74, 6) is 0. The highest BCUT2D eigenvalue weighted by atomic mass is 15.2. The van der Waals surface area contributed by atoms with Gasteiger partial charge in [0.2, 0.25) is 0 Å². The lowest BCUT2D eigenvalue weighted by Gasteiger charge is -2.26. The third kappa shape index (κ3) is 8.55. The smallest absolute Gasteiger partial charge is 0.0107 e. The molecule has 0 aromatic rings. The van der Waals surface area contributed by atoms with Gasteiger partial charge in [0.05, 0.1) is 0 Å². The Morgan fingerprint density at radius 1 is 0.765 bits per heavy atom. The fourth-order valence-corrected chi connectivity index (χ4v) is 2.12. The van der Waals surface area contributed by atoms with Crippen molar-refractivity contribution in [2.45, 2.75) is 26.2 Å². The zero-order chi connectivity index (χ0) is 12.2. The summed E-state index contributed by atoms with van der Waals surface area (Å²) in [6.45, 7) is 13.0. The highest BCUT2D eigenvalue weighted by Crippen LogP contribution is 1.98. The number of piperazine rings is 2. The third-order valence-electron chi connectivity index (χ3n) is 3.24. The second-order valence-corrected chi connectivity index (χ2v) is 4.80. The van der Waals surface area contributed by atoms with E-state index in [1.165, 1.54) is 52.0 Å². The van der Waals surface area contributed by atoms with E-state index >= 15 is 0 Å². The van der Waals surface area contributed by atoms with Gasteiger partial charge in [-0.15, -0.1) is 0 Å². The maximum absolute atomic E-state index is 3.36. The second-order valence-electron chi connectivity index (χ2n) is 4.80. The van der Waals surface area contributed by atoms with Gasteiger partial charge in [0.25, 0.3) is 0 Å². The number of hydrogen-bond donors (Lipinski definition) is 3. The van der Waals surface area contributed by atoms with E-state index < -0.39 is 0 Å². The molecule has 0 bridgehead atoms. The Bertz CT molecular complexity index is 142. The molecular weight excluding hydrogens is 212 g/mol. The van der Waals surface area contributed by atoms with E-state index in [1.54, 1.807) is 0 Å². The van der Waals surface area contributed by atoms with Crippen LogP contribution in [-0.4, -0.2) is 63.8 Å². The van der Waals surface area contributed by atoms with Crippen LogP contribution in [0.1, 0.15) is 26.2 Å². The summed E-state index contributed by atoms with van der Waals surface area (Å²) >= 11 is 0. The molecule has 4 nitrogen and oxygen atoms in total. The molecule has 0 atom stereocenters. The summed E-state index contributed by atoms with van der Waals surface area (Å²) in [5, 5.41) is 9.81. The molecule has 2 aliphatic rings. The van der Waals surface area contributed by atoms with Crippen LogP contribution in [0.2, 0.25) is 0 Å². The fourth-order valence-electron chi connectivity index (χ4n) is 2.12. The van der Waals surface area contributed by atoms with Crippen molar-refractivity contribution >= 4 is 0 Å². The Morgan fingerprint density at radius 2 is 1.29 bits per heavy atom. The van der Waals surface area contributed by atoms with E-state index in [1.807, 2.05) is 0 Å². The van der Waals surface area contributed by atoms with Gasteiger partial charge in [0.1, 0.15) is 0 Å². The first-order valence-corrected chi connectivity index (χ1v) is 7.28. The lowest BCUT2D eigenvalue weighted by Crippen LogP contribution is -2.43. The molecule has 0 amide bonds. The molecule has 2 aliphatic heterocycles. The van der Waals surface area contributed by atoms with E-state index in [0.717, 1.165) is 26.2 Å². The quantitative estimate of drug-likeness (QED) is 0.619. The summed E-state index contributed by atoms with van der Waals surface area (Å²) < 4.78 is 0. The first-order chi connectivity index (χ1) is 8.43. The van der Waals surface area contributed by atoms with E-state index in [2.05, 4.69) is 27.8 Å². The first kappa shape index (κ1) is 14.9. The molecule has 0 unspecified atom stereocenters. The molecule has 2 heterocycles. The topological polar surface area (TPSA) is 39.3 Å². The summed E-state index contributed by atoms with van der Waals surface area (Å²) in [5.41, 5.74) is 0. The zero-order valence-corrected chi connectivity index (χ0v) is 11.4. The van der Waals surface area contributed by atoms with Gasteiger partial charge >= 0.3 is 0 Å². The summed E-state index contributed by atoms with van der Waals surface area (Å²) in [4.78, 5) is 2.56. The average molecular weight is 242 g/mol. The Labute approximate surface area is 107 Å². The van der Waals surface area contributed by atoms with Crippen LogP contribution in [0, 0.1) is 0 Å². The molecule has 0 aliphatic carbocycles. The normalized spacial score (nSPS) is 21.7. The minimum absolute atomic E-state index is 1.14. The molecule has 2 fully saturated rings. The van der Waals surface area contributed by atoms with Crippen LogP contribution in [0.5, 0.6) is 0 Å². The Balaban J connectivity index is 0.000000202. The van der Waals surface area contributed by atoms with Crippen LogP contribution in [0.15, 0.2) is 0 Å². The maximum atomic E-state index is 3.36. The van der Waals surface area contributed by atoms with E-state index in [-0.39, 0.29) is 0 Å². The average Bonchev–Trinajstić information content (AvgIpc) is 2.43. The molecular formula is C13H30N4. The van der Waals surface area contributed by atoms with E-state index in [9.17, 15) is 0 Å². The molecule has 102 valence electrons. The van der Waals surface area contributed by atoms with Crippen molar-refractivity contribution in [3.63, 3.8) is 0 Å². The van der Waals surface area contributed by atoms with Gasteiger partial charge in [-0.3, -0.25) is 0 Å². The predicted molar refractivity (Wildman–Crippen MR) is 74.6 cm³/mol. The van der Waals surface area contributed by atoms with Crippen LogP contribution in [-0.2, 0) is 0 Å². The second kappa shape index (κ2) is 11.0. The molecule has 3 N–H and O–H groups in total. The number of nitrogens with zero attached hydrogens (tertiary/aromatic N) is 1. The van der Waals surface area contributed by atoms with Crippen molar-refractivity contribution in [3.05, 3.63) is 0 Å². The van der Waals surface area contributed by atoms with Crippen molar-refractivity contribution in [2.75, 3.05) is 58.9 Å². The van der Waals surface area contributed by atoms with Crippen LogP contribution in [0.3, 0.4) is 0 Å². The molecule has 0 aromatic heterocycles. The minimum atomic E-state index is 1.14. The third-order valence-corrected chi connectivity index (χ3v) is 3.24. The van der Waals surface area contributed by atoms with Crippen LogP contribution < -0.4 is 16.0 Å². The van der Waals surface area contributed by atoms with E-state index in [4.69, 9.17) is 0 Å². The minimum Gasteiger partial charge on any atom is -0.314 e. The molecule has 0 aromatic carbocycles. The monoisotopic (exact) mass is 242 g/mol. The highest BCUT2D eigenvalue weighted by Gasteiger charge is 2.07. The van der Waals surface area contributed by atoms with Crippen molar-refractivity contribution < 1.29 is 0 Å². The highest BCUT2D eigenvalue weighted by molar-refractivity contribution is 4.66. The molecule has 2 saturated heterocycles. The Kier molecular flexibility index (Phi) is 9.61. The van der Waals surface area contributed by atoms with Crippen molar-refractivity contribution in [1.29, 1.82) is 0 Å². The SMILES string of the molecule is C1CNCCN1.CCCCCN1CCNCC1. The van der Waals surface area contributed by atoms with Crippen LogP contribution in [0.4, 0.5) is 0 Å². The van der Waals surface area contributed by atoms with Crippen molar-refractivity contribution in [1.82, 2.24) is 20.9 Å². The molecule has 17 heavy (non-hydrogen) atoms. The van der Waals surface area contributed by atoms with Crippen molar-refractivity contribution in [2.24, 2.45) is 0 Å².